The zero-order valence-electron chi connectivity index (χ0n) is 12.9. The monoisotopic (exact) mass is 328 g/mol. The van der Waals surface area contributed by atoms with Crippen LogP contribution in [0.3, 0.4) is 0 Å². The number of ketones is 2. The molecule has 2 aromatic carbocycles. The maximum Gasteiger partial charge on any atom is 0.201 e. The van der Waals surface area contributed by atoms with Crippen LogP contribution in [0.15, 0.2) is 24.3 Å². The highest BCUT2D eigenvalue weighted by molar-refractivity contribution is 6.30. The highest BCUT2D eigenvalue weighted by Gasteiger charge is 2.35. The quantitative estimate of drug-likeness (QED) is 0.587. The molecule has 2 aromatic rings. The molecule has 0 aliphatic heterocycles. The van der Waals surface area contributed by atoms with Crippen molar-refractivity contribution in [3.63, 3.8) is 0 Å². The van der Waals surface area contributed by atoms with Gasteiger partial charge in [0.1, 0.15) is 17.2 Å². The number of hydrogen-bond acceptors (Lipinski definition) is 6. The number of phenolic OH excluding ortho intramolecular Hbond substituents is 3. The minimum atomic E-state index is -0.868. The summed E-state index contributed by atoms with van der Waals surface area (Å²) in [5.41, 5.74) is -0.306. The Kier molecular flexibility index (Phi) is 3.77. The Morgan fingerprint density at radius 3 is 2.08 bits per heavy atom. The van der Waals surface area contributed by atoms with Crippen molar-refractivity contribution in [1.82, 2.24) is 0 Å². The zero-order valence-corrected chi connectivity index (χ0v) is 12.9. The molecule has 1 unspecified atom stereocenters. The summed E-state index contributed by atoms with van der Waals surface area (Å²) in [6, 6.07) is 4.70. The molecule has 0 fully saturated rings. The summed E-state index contributed by atoms with van der Waals surface area (Å²) in [6.45, 7) is 1.89. The first-order valence-corrected chi connectivity index (χ1v) is 7.55. The molecule has 1 aliphatic carbocycles. The van der Waals surface area contributed by atoms with Crippen LogP contribution in [-0.2, 0) is 0 Å². The van der Waals surface area contributed by atoms with Gasteiger partial charge < -0.3 is 20.4 Å². The molecule has 6 heteroatoms. The smallest absolute Gasteiger partial charge is 0.201 e. The van der Waals surface area contributed by atoms with E-state index in [-0.39, 0.29) is 28.0 Å². The van der Waals surface area contributed by atoms with Gasteiger partial charge in [0.15, 0.2) is 5.78 Å². The van der Waals surface area contributed by atoms with Gasteiger partial charge in [-0.1, -0.05) is 13.3 Å². The molecule has 0 radical (unpaired) electrons. The minimum absolute atomic E-state index is 0.0531. The lowest BCUT2D eigenvalue weighted by Gasteiger charge is -2.21. The Labute approximate surface area is 137 Å². The van der Waals surface area contributed by atoms with Gasteiger partial charge in [0, 0.05) is 17.2 Å². The lowest BCUT2D eigenvalue weighted by molar-refractivity contribution is 0.0973. The molecule has 124 valence electrons. The molecule has 0 aromatic heterocycles. The molecule has 4 N–H and O–H groups in total. The number of carbonyl (C=O) groups excluding carboxylic acids is 2. The number of fused-ring (bicyclic) bond motifs is 2. The van der Waals surface area contributed by atoms with Crippen molar-refractivity contribution in [3.05, 3.63) is 52.1 Å². The van der Waals surface area contributed by atoms with Gasteiger partial charge in [0.2, 0.25) is 5.78 Å². The number of benzene rings is 2. The van der Waals surface area contributed by atoms with E-state index >= 15 is 0 Å². The van der Waals surface area contributed by atoms with Crippen molar-refractivity contribution in [2.75, 3.05) is 0 Å². The van der Waals surface area contributed by atoms with E-state index in [0.717, 1.165) is 12.1 Å². The standard InChI is InChI=1S/C18H16O6/c1-2-3-12(20)8-4-10-15(13(21)5-8)18(24)16-11(17(10)23)6-9(19)7-14(16)22/h4-7,12,19-22H,2-3H2,1H3. The number of aliphatic hydroxyl groups excluding tert-OH is 1. The van der Waals surface area contributed by atoms with E-state index in [1.807, 2.05) is 6.92 Å². The first-order valence-electron chi connectivity index (χ1n) is 7.55. The van der Waals surface area contributed by atoms with Crippen LogP contribution >= 0.6 is 0 Å². The highest BCUT2D eigenvalue weighted by atomic mass is 16.3. The van der Waals surface area contributed by atoms with Crippen molar-refractivity contribution in [3.8, 4) is 17.2 Å². The molecular formula is C18H16O6. The Morgan fingerprint density at radius 2 is 1.46 bits per heavy atom. The van der Waals surface area contributed by atoms with Crippen LogP contribution < -0.4 is 0 Å². The molecule has 0 heterocycles. The van der Waals surface area contributed by atoms with Crippen LogP contribution in [0, 0.1) is 0 Å². The van der Waals surface area contributed by atoms with Gasteiger partial charge in [-0.05, 0) is 30.2 Å². The lowest BCUT2D eigenvalue weighted by atomic mass is 9.81. The summed E-state index contributed by atoms with van der Waals surface area (Å²) < 4.78 is 0. The van der Waals surface area contributed by atoms with Crippen molar-refractivity contribution < 1.29 is 30.0 Å². The Balaban J connectivity index is 2.23. The Morgan fingerprint density at radius 1 is 0.875 bits per heavy atom. The fourth-order valence-corrected chi connectivity index (χ4v) is 3.00. The first kappa shape index (κ1) is 16.0. The minimum Gasteiger partial charge on any atom is -0.508 e. The van der Waals surface area contributed by atoms with Gasteiger partial charge in [-0.25, -0.2) is 0 Å². The van der Waals surface area contributed by atoms with E-state index in [1.54, 1.807) is 0 Å². The van der Waals surface area contributed by atoms with Crippen LogP contribution in [0.5, 0.6) is 17.2 Å². The van der Waals surface area contributed by atoms with E-state index in [0.29, 0.717) is 18.4 Å². The van der Waals surface area contributed by atoms with Gasteiger partial charge in [0.05, 0.1) is 17.2 Å². The molecule has 1 aliphatic rings. The second kappa shape index (κ2) is 5.65. The van der Waals surface area contributed by atoms with E-state index in [4.69, 9.17) is 0 Å². The number of phenols is 3. The third-order valence-corrected chi connectivity index (χ3v) is 4.13. The second-order valence-electron chi connectivity index (χ2n) is 5.81. The molecule has 0 bridgehead atoms. The molecule has 0 spiro atoms. The maximum absolute atomic E-state index is 12.7. The fraction of sp³-hybridized carbons (Fsp3) is 0.222. The van der Waals surface area contributed by atoms with E-state index in [1.165, 1.54) is 12.1 Å². The number of aromatic hydroxyl groups is 3. The number of hydrogen-bond donors (Lipinski definition) is 4. The van der Waals surface area contributed by atoms with Gasteiger partial charge in [-0.15, -0.1) is 0 Å². The van der Waals surface area contributed by atoms with Crippen LogP contribution in [-0.4, -0.2) is 32.0 Å². The van der Waals surface area contributed by atoms with Crippen molar-refractivity contribution >= 4 is 11.6 Å². The number of carbonyl (C=O) groups is 2. The van der Waals surface area contributed by atoms with E-state index in [2.05, 4.69) is 0 Å². The van der Waals surface area contributed by atoms with E-state index < -0.39 is 29.2 Å². The fourth-order valence-electron chi connectivity index (χ4n) is 3.00. The SMILES string of the molecule is CCCC(O)c1cc(O)c2c(c1)C(=O)c1cc(O)cc(O)c1C2=O. The average molecular weight is 328 g/mol. The summed E-state index contributed by atoms with van der Waals surface area (Å²) in [5, 5.41) is 39.8. The summed E-state index contributed by atoms with van der Waals surface area (Å²) >= 11 is 0. The normalized spacial score (nSPS) is 14.2. The predicted molar refractivity (Wildman–Crippen MR) is 84.6 cm³/mol. The van der Waals surface area contributed by atoms with Gasteiger partial charge in [0.25, 0.3) is 0 Å². The summed E-state index contributed by atoms with van der Waals surface area (Å²) in [7, 11) is 0. The topological polar surface area (TPSA) is 115 Å². The maximum atomic E-state index is 12.7. The Hall–Kier alpha value is -2.86. The first-order chi connectivity index (χ1) is 11.3. The van der Waals surface area contributed by atoms with Crippen molar-refractivity contribution in [2.45, 2.75) is 25.9 Å². The van der Waals surface area contributed by atoms with Gasteiger partial charge >= 0.3 is 0 Å². The largest absolute Gasteiger partial charge is 0.508 e. The second-order valence-corrected chi connectivity index (χ2v) is 5.81. The summed E-state index contributed by atoms with van der Waals surface area (Å²) in [6.07, 6.45) is 0.280. The molecule has 0 saturated heterocycles. The van der Waals surface area contributed by atoms with Gasteiger partial charge in [-0.2, -0.15) is 0 Å². The number of aliphatic hydroxyl groups is 1. The third-order valence-electron chi connectivity index (χ3n) is 4.13. The molecule has 6 nitrogen and oxygen atoms in total. The molecule has 24 heavy (non-hydrogen) atoms. The third kappa shape index (κ3) is 2.32. The zero-order chi connectivity index (χ0) is 17.6. The van der Waals surface area contributed by atoms with Crippen molar-refractivity contribution in [2.24, 2.45) is 0 Å². The molecular weight excluding hydrogens is 312 g/mol. The molecule has 0 amide bonds. The molecule has 3 rings (SSSR count). The highest BCUT2D eigenvalue weighted by Crippen LogP contribution is 2.40. The van der Waals surface area contributed by atoms with Gasteiger partial charge in [-0.3, -0.25) is 9.59 Å². The van der Waals surface area contributed by atoms with Crippen molar-refractivity contribution in [1.29, 1.82) is 0 Å². The number of rotatable bonds is 3. The molecule has 1 atom stereocenters. The predicted octanol–water partition coefficient (Wildman–Crippen LogP) is 2.41. The lowest BCUT2D eigenvalue weighted by Crippen LogP contribution is -2.22. The van der Waals surface area contributed by atoms with E-state index in [9.17, 15) is 30.0 Å². The van der Waals surface area contributed by atoms with Crippen LogP contribution in [0.25, 0.3) is 0 Å². The Bertz CT molecular complexity index is 868. The molecule has 0 saturated carbocycles. The van der Waals surface area contributed by atoms with Crippen LogP contribution in [0.4, 0.5) is 0 Å². The summed E-state index contributed by atoms with van der Waals surface area (Å²) in [5.74, 6) is -2.60. The summed E-state index contributed by atoms with van der Waals surface area (Å²) in [4.78, 5) is 25.3. The van der Waals surface area contributed by atoms with Crippen LogP contribution in [0.2, 0.25) is 0 Å². The average Bonchev–Trinajstić information content (AvgIpc) is 2.51. The van der Waals surface area contributed by atoms with Crippen LogP contribution in [0.1, 0.15) is 63.3 Å².